The molecule has 2 heterocycles. The van der Waals surface area contributed by atoms with Crippen molar-refractivity contribution in [1.29, 1.82) is 0 Å². The Morgan fingerprint density at radius 2 is 1.97 bits per heavy atom. The van der Waals surface area contributed by atoms with Gasteiger partial charge in [-0.25, -0.2) is 0 Å². The van der Waals surface area contributed by atoms with Crippen molar-refractivity contribution in [1.82, 2.24) is 9.80 Å². The summed E-state index contributed by atoms with van der Waals surface area (Å²) in [6.45, 7) is 7.49. The van der Waals surface area contributed by atoms with E-state index < -0.39 is 5.60 Å². The molecule has 0 amide bonds. The predicted molar refractivity (Wildman–Crippen MR) is 122 cm³/mol. The fourth-order valence-corrected chi connectivity index (χ4v) is 5.14. The molecule has 30 heavy (non-hydrogen) atoms. The number of aliphatic hydroxyl groups is 1. The lowest BCUT2D eigenvalue weighted by Crippen LogP contribution is -2.51. The molecular formula is C26H36N2O2. The van der Waals surface area contributed by atoms with Crippen LogP contribution in [0.3, 0.4) is 0 Å². The summed E-state index contributed by atoms with van der Waals surface area (Å²) < 4.78 is 5.63. The zero-order valence-electron chi connectivity index (χ0n) is 18.5. The molecule has 2 fully saturated rings. The van der Waals surface area contributed by atoms with Gasteiger partial charge in [-0.15, -0.1) is 0 Å². The van der Waals surface area contributed by atoms with Crippen molar-refractivity contribution in [3.05, 3.63) is 65.1 Å². The second kappa shape index (κ2) is 9.51. The van der Waals surface area contributed by atoms with E-state index in [4.69, 9.17) is 4.42 Å². The molecule has 4 heteroatoms. The van der Waals surface area contributed by atoms with Crippen LogP contribution in [-0.4, -0.2) is 60.3 Å². The van der Waals surface area contributed by atoms with Crippen molar-refractivity contribution in [3.8, 4) is 0 Å². The van der Waals surface area contributed by atoms with E-state index in [1.807, 2.05) is 12.1 Å². The number of furan rings is 1. The number of benzene rings is 1. The Hall–Kier alpha value is -1.88. The third-order valence-electron chi connectivity index (χ3n) is 6.97. The molecule has 1 saturated carbocycles. The van der Waals surface area contributed by atoms with E-state index in [0.717, 1.165) is 63.3 Å². The van der Waals surface area contributed by atoms with E-state index in [0.29, 0.717) is 6.42 Å². The van der Waals surface area contributed by atoms with Gasteiger partial charge in [0.25, 0.3) is 0 Å². The molecule has 0 radical (unpaired) electrons. The first-order chi connectivity index (χ1) is 14.5. The number of piperazine rings is 1. The number of nitrogens with zero attached hydrogens (tertiary/aromatic N) is 2. The first-order valence-corrected chi connectivity index (χ1v) is 11.5. The molecule has 1 aromatic carbocycles. The van der Waals surface area contributed by atoms with Crippen molar-refractivity contribution in [3.63, 3.8) is 0 Å². The SMILES string of the molecule is Cc1cccc(CC2(O)C(=Cc3ccco3)CCCCC2CN2CCN(C)CC2)c1. The Morgan fingerprint density at radius 1 is 1.13 bits per heavy atom. The van der Waals surface area contributed by atoms with Crippen LogP contribution in [-0.2, 0) is 6.42 Å². The van der Waals surface area contributed by atoms with Gasteiger partial charge in [0.05, 0.1) is 11.9 Å². The van der Waals surface area contributed by atoms with Gasteiger partial charge in [0.1, 0.15) is 5.76 Å². The second-order valence-electron chi connectivity index (χ2n) is 9.32. The Labute approximate surface area is 181 Å². The number of aryl methyl sites for hydroxylation is 1. The number of hydrogen-bond donors (Lipinski definition) is 1. The Morgan fingerprint density at radius 3 is 2.70 bits per heavy atom. The first-order valence-electron chi connectivity index (χ1n) is 11.5. The number of likely N-dealkylation sites (N-methyl/N-ethyl adjacent to an activating group) is 1. The summed E-state index contributed by atoms with van der Waals surface area (Å²) in [7, 11) is 2.20. The summed E-state index contributed by atoms with van der Waals surface area (Å²) in [4.78, 5) is 4.95. The molecule has 2 aliphatic rings. The average molecular weight is 409 g/mol. The minimum atomic E-state index is -0.847. The summed E-state index contributed by atoms with van der Waals surface area (Å²) in [5.41, 5.74) is 2.75. The smallest absolute Gasteiger partial charge is 0.126 e. The lowest BCUT2D eigenvalue weighted by atomic mass is 9.74. The second-order valence-corrected chi connectivity index (χ2v) is 9.32. The molecule has 4 nitrogen and oxygen atoms in total. The highest BCUT2D eigenvalue weighted by molar-refractivity contribution is 5.51. The molecule has 1 N–H and O–H groups in total. The van der Waals surface area contributed by atoms with Crippen molar-refractivity contribution >= 4 is 6.08 Å². The maximum Gasteiger partial charge on any atom is 0.126 e. The van der Waals surface area contributed by atoms with Gasteiger partial charge in [-0.05, 0) is 62.6 Å². The van der Waals surface area contributed by atoms with Crippen LogP contribution in [0.2, 0.25) is 0 Å². The normalized spacial score (nSPS) is 28.0. The monoisotopic (exact) mass is 408 g/mol. The van der Waals surface area contributed by atoms with Crippen molar-refractivity contribution < 1.29 is 9.52 Å². The summed E-state index contributed by atoms with van der Waals surface area (Å²) in [5, 5.41) is 12.3. The quantitative estimate of drug-likeness (QED) is 0.745. The number of rotatable bonds is 5. The highest BCUT2D eigenvalue weighted by Gasteiger charge is 2.42. The average Bonchev–Trinajstić information content (AvgIpc) is 3.19. The van der Waals surface area contributed by atoms with Crippen LogP contribution in [0.1, 0.15) is 42.6 Å². The van der Waals surface area contributed by atoms with E-state index in [1.165, 1.54) is 17.5 Å². The molecule has 1 aliphatic carbocycles. The molecule has 0 spiro atoms. The van der Waals surface area contributed by atoms with Crippen LogP contribution in [0.25, 0.3) is 6.08 Å². The molecule has 1 aromatic heterocycles. The largest absolute Gasteiger partial charge is 0.465 e. The van der Waals surface area contributed by atoms with E-state index in [-0.39, 0.29) is 5.92 Å². The third-order valence-corrected chi connectivity index (χ3v) is 6.97. The van der Waals surface area contributed by atoms with Crippen LogP contribution >= 0.6 is 0 Å². The van der Waals surface area contributed by atoms with E-state index >= 15 is 0 Å². The predicted octanol–water partition coefficient (Wildman–Crippen LogP) is 4.38. The van der Waals surface area contributed by atoms with Gasteiger partial charge in [-0.1, -0.05) is 36.2 Å². The van der Waals surface area contributed by atoms with Crippen LogP contribution in [0, 0.1) is 12.8 Å². The molecule has 2 atom stereocenters. The van der Waals surface area contributed by atoms with Gasteiger partial charge >= 0.3 is 0 Å². The molecule has 1 aliphatic heterocycles. The maximum absolute atomic E-state index is 12.3. The molecule has 2 aromatic rings. The third kappa shape index (κ3) is 5.05. The van der Waals surface area contributed by atoms with Gasteiger partial charge in [0, 0.05) is 45.1 Å². The fourth-order valence-electron chi connectivity index (χ4n) is 5.14. The molecule has 1 saturated heterocycles. The Balaban J connectivity index is 1.66. The zero-order valence-corrected chi connectivity index (χ0v) is 18.5. The minimum Gasteiger partial charge on any atom is -0.465 e. The first kappa shape index (κ1) is 21.4. The topological polar surface area (TPSA) is 39.9 Å². The van der Waals surface area contributed by atoms with Gasteiger partial charge in [0.15, 0.2) is 0 Å². The van der Waals surface area contributed by atoms with Gasteiger partial charge in [-0.3, -0.25) is 0 Å². The van der Waals surface area contributed by atoms with Crippen molar-refractivity contribution in [2.45, 2.75) is 44.6 Å². The van der Waals surface area contributed by atoms with E-state index in [9.17, 15) is 5.11 Å². The molecule has 0 bridgehead atoms. The van der Waals surface area contributed by atoms with Gasteiger partial charge < -0.3 is 19.3 Å². The zero-order chi connectivity index (χ0) is 21.0. The summed E-state index contributed by atoms with van der Waals surface area (Å²) in [6.07, 6.45) is 8.79. The highest BCUT2D eigenvalue weighted by Crippen LogP contribution is 2.41. The van der Waals surface area contributed by atoms with Gasteiger partial charge in [0.2, 0.25) is 0 Å². The van der Waals surface area contributed by atoms with Crippen LogP contribution < -0.4 is 0 Å². The molecule has 2 unspecified atom stereocenters. The van der Waals surface area contributed by atoms with Crippen molar-refractivity contribution in [2.24, 2.45) is 5.92 Å². The lowest BCUT2D eigenvalue weighted by molar-refractivity contribution is -0.00649. The summed E-state index contributed by atoms with van der Waals surface area (Å²) >= 11 is 0. The van der Waals surface area contributed by atoms with E-state index in [1.54, 1.807) is 6.26 Å². The highest BCUT2D eigenvalue weighted by atomic mass is 16.3. The van der Waals surface area contributed by atoms with Crippen molar-refractivity contribution in [2.75, 3.05) is 39.8 Å². The van der Waals surface area contributed by atoms with Crippen LogP contribution in [0.5, 0.6) is 0 Å². The Bertz CT molecular complexity index is 836. The summed E-state index contributed by atoms with van der Waals surface area (Å²) in [6, 6.07) is 12.5. The maximum atomic E-state index is 12.3. The lowest BCUT2D eigenvalue weighted by Gasteiger charge is -2.42. The standard InChI is InChI=1S/C26H36N2O2/c1-21-7-5-8-22(17-21)19-26(29)23(18-25-11-6-16-30-25)9-3-4-10-24(26)20-28-14-12-27(2)13-15-28/h5-8,11,16-18,24,29H,3-4,9-10,12-15,19-20H2,1-2H3. The van der Waals surface area contributed by atoms with E-state index in [2.05, 4.69) is 54.1 Å². The summed E-state index contributed by atoms with van der Waals surface area (Å²) in [5.74, 6) is 1.07. The van der Waals surface area contributed by atoms with Crippen LogP contribution in [0.15, 0.2) is 52.7 Å². The molecular weight excluding hydrogens is 372 g/mol. The minimum absolute atomic E-state index is 0.227. The number of hydrogen-bond acceptors (Lipinski definition) is 4. The molecule has 162 valence electrons. The van der Waals surface area contributed by atoms with Gasteiger partial charge in [-0.2, -0.15) is 0 Å². The Kier molecular flexibility index (Phi) is 6.77. The molecule has 4 rings (SSSR count). The van der Waals surface area contributed by atoms with Crippen LogP contribution in [0.4, 0.5) is 0 Å². The fraction of sp³-hybridized carbons (Fsp3) is 0.538.